The van der Waals surface area contributed by atoms with Crippen molar-refractivity contribution in [1.29, 1.82) is 0 Å². The molecule has 9 amide bonds. The van der Waals surface area contributed by atoms with Crippen molar-refractivity contribution in [2.45, 2.75) is 95.2 Å². The summed E-state index contributed by atoms with van der Waals surface area (Å²) < 4.78 is 0. The van der Waals surface area contributed by atoms with Gasteiger partial charge in [0.2, 0.25) is 35.4 Å². The van der Waals surface area contributed by atoms with Crippen LogP contribution >= 0.6 is 0 Å². The number of hydroxylamine groups is 12. The first kappa shape index (κ1) is 52.2. The molecule has 0 saturated heterocycles. The van der Waals surface area contributed by atoms with Crippen LogP contribution in [0.25, 0.3) is 0 Å². The van der Waals surface area contributed by atoms with E-state index in [4.69, 9.17) is 0 Å². The third-order valence-electron chi connectivity index (χ3n) is 9.18. The Morgan fingerprint density at radius 2 is 0.633 bits per heavy atom. The quantitative estimate of drug-likeness (QED) is 0.0478. The van der Waals surface area contributed by atoms with Crippen LogP contribution in [0.1, 0.15) is 108 Å². The average molecular weight is 856 g/mol. The van der Waals surface area contributed by atoms with Crippen LogP contribution in [0.2, 0.25) is 0 Å². The SMILES string of the molecule is CN(O)C(=O)CCC(CCC(=O)N(C)O)NC(=O)c1ccc(C(=O)NC(CCC(=O)N(C)O)CCC(=O)N(C)O)c(C(=O)NC(CCC(=O)N(C)O)CCC(=O)N(C)O)c1. The van der Waals surface area contributed by atoms with Gasteiger partial charge in [0.05, 0.1) is 11.1 Å². The topological polar surface area (TPSA) is 331 Å². The summed E-state index contributed by atoms with van der Waals surface area (Å²) in [5, 5.41) is 67.1. The first-order chi connectivity index (χ1) is 27.9. The van der Waals surface area contributed by atoms with Gasteiger partial charge >= 0.3 is 0 Å². The van der Waals surface area contributed by atoms with Gasteiger partial charge in [-0.1, -0.05) is 0 Å². The van der Waals surface area contributed by atoms with E-state index < -0.39 is 76.9 Å². The van der Waals surface area contributed by atoms with Crippen LogP contribution in [0, 0.1) is 0 Å². The second kappa shape index (κ2) is 25.6. The molecule has 1 aromatic carbocycles. The number of rotatable bonds is 24. The zero-order chi connectivity index (χ0) is 45.9. The zero-order valence-electron chi connectivity index (χ0n) is 34.5. The molecule has 0 radical (unpaired) electrons. The van der Waals surface area contributed by atoms with E-state index in [9.17, 15) is 74.4 Å². The molecule has 24 nitrogen and oxygen atoms in total. The molecule has 60 heavy (non-hydrogen) atoms. The fourth-order valence-corrected chi connectivity index (χ4v) is 5.49. The molecule has 24 heteroatoms. The largest absolute Gasteiger partial charge is 0.349 e. The number of amides is 9. The van der Waals surface area contributed by atoms with E-state index >= 15 is 0 Å². The van der Waals surface area contributed by atoms with Gasteiger partial charge in [0.25, 0.3) is 17.7 Å². The van der Waals surface area contributed by atoms with E-state index in [0.717, 1.165) is 54.4 Å². The Hall–Kier alpha value is -5.79. The number of nitrogens with zero attached hydrogens (tertiary/aromatic N) is 6. The molecule has 0 aliphatic heterocycles. The fourth-order valence-electron chi connectivity index (χ4n) is 5.49. The van der Waals surface area contributed by atoms with E-state index in [0.29, 0.717) is 30.4 Å². The number of nitrogens with one attached hydrogen (secondary N) is 3. The maximum atomic E-state index is 14.1. The van der Waals surface area contributed by atoms with E-state index in [-0.39, 0.29) is 88.2 Å². The van der Waals surface area contributed by atoms with Crippen molar-refractivity contribution in [3.05, 3.63) is 34.9 Å². The highest BCUT2D eigenvalue weighted by Gasteiger charge is 2.27. The monoisotopic (exact) mass is 855 g/mol. The minimum atomic E-state index is -0.983. The molecule has 0 unspecified atom stereocenters. The van der Waals surface area contributed by atoms with E-state index in [1.807, 2.05) is 0 Å². The molecule has 336 valence electrons. The first-order valence-corrected chi connectivity index (χ1v) is 18.7. The number of carbonyl (C=O) groups excluding carboxylic acids is 9. The normalized spacial score (nSPS) is 10.8. The Morgan fingerprint density at radius 3 is 0.883 bits per heavy atom. The molecule has 1 aromatic rings. The lowest BCUT2D eigenvalue weighted by Gasteiger charge is -2.23. The molecule has 0 bridgehead atoms. The van der Waals surface area contributed by atoms with Crippen molar-refractivity contribution >= 4 is 53.2 Å². The minimum Gasteiger partial charge on any atom is -0.349 e. The Labute approximate surface area is 346 Å². The van der Waals surface area contributed by atoms with Gasteiger partial charge in [0.1, 0.15) is 0 Å². The molecule has 1 rings (SSSR count). The van der Waals surface area contributed by atoms with Crippen LogP contribution < -0.4 is 16.0 Å². The van der Waals surface area contributed by atoms with Crippen LogP contribution in [0.5, 0.6) is 0 Å². The van der Waals surface area contributed by atoms with Crippen molar-refractivity contribution in [2.75, 3.05) is 42.3 Å². The lowest BCUT2D eigenvalue weighted by molar-refractivity contribution is -0.160. The molecule has 0 aliphatic carbocycles. The van der Waals surface area contributed by atoms with Gasteiger partial charge in [-0.05, 0) is 56.7 Å². The van der Waals surface area contributed by atoms with E-state index in [2.05, 4.69) is 16.0 Å². The molecule has 0 aromatic heterocycles. The summed E-state index contributed by atoms with van der Waals surface area (Å²) in [7, 11) is 6.55. The predicted octanol–water partition coefficient (Wildman–Crippen LogP) is -0.251. The molecular weight excluding hydrogens is 798 g/mol. The molecule has 0 aliphatic rings. The molecule has 0 fully saturated rings. The summed E-state index contributed by atoms with van der Waals surface area (Å²) in [6.45, 7) is 0. The van der Waals surface area contributed by atoms with E-state index in [1.165, 1.54) is 6.07 Å². The third-order valence-corrected chi connectivity index (χ3v) is 9.18. The average Bonchev–Trinajstić information content (AvgIpc) is 3.18. The standard InChI is InChI=1S/C36H57N9O15/c1-40(55)28(46)15-8-23(9-16-29(47)41(2)56)37-34(52)22-7-14-26(35(53)38-24(10-17-30(48)42(3)57)11-18-31(49)43(4)58)27(21-22)36(54)39-25(12-19-32(50)44(5)59)13-20-33(51)45(6)60/h7,14,21,23-25,55-60H,8-13,15-20H2,1-6H3,(H,37,52)(H,38,53)(H,39,54). The summed E-state index contributed by atoms with van der Waals surface area (Å²) in [5.74, 6) is -7.08. The highest BCUT2D eigenvalue weighted by atomic mass is 16.5. The maximum absolute atomic E-state index is 14.1. The summed E-state index contributed by atoms with van der Waals surface area (Å²) in [4.78, 5) is 115. The fraction of sp³-hybridized carbons (Fsp3) is 0.583. The third kappa shape index (κ3) is 18.9. The second-order valence-corrected chi connectivity index (χ2v) is 14.0. The number of carbonyl (C=O) groups is 9. The Balaban J connectivity index is 3.72. The number of hydrogen-bond acceptors (Lipinski definition) is 15. The number of benzene rings is 1. The molecule has 0 saturated carbocycles. The molecular formula is C36H57N9O15. The Bertz CT molecular complexity index is 1610. The van der Waals surface area contributed by atoms with Crippen LogP contribution in [0.3, 0.4) is 0 Å². The van der Waals surface area contributed by atoms with Crippen molar-refractivity contribution in [3.8, 4) is 0 Å². The van der Waals surface area contributed by atoms with Crippen LogP contribution in [0.15, 0.2) is 18.2 Å². The summed E-state index contributed by atoms with van der Waals surface area (Å²) >= 11 is 0. The lowest BCUT2D eigenvalue weighted by Crippen LogP contribution is -2.41. The smallest absolute Gasteiger partial charge is 0.252 e. The maximum Gasteiger partial charge on any atom is 0.252 e. The second-order valence-electron chi connectivity index (χ2n) is 14.0. The molecule has 0 spiro atoms. The van der Waals surface area contributed by atoms with Crippen molar-refractivity contribution in [2.24, 2.45) is 0 Å². The van der Waals surface area contributed by atoms with Crippen molar-refractivity contribution in [1.82, 2.24) is 46.3 Å². The molecule has 9 N–H and O–H groups in total. The Morgan fingerprint density at radius 1 is 0.400 bits per heavy atom. The van der Waals surface area contributed by atoms with Crippen molar-refractivity contribution in [3.63, 3.8) is 0 Å². The summed E-state index contributed by atoms with van der Waals surface area (Å²) in [6, 6.07) is 0.550. The highest BCUT2D eigenvalue weighted by Crippen LogP contribution is 2.18. The van der Waals surface area contributed by atoms with Gasteiger partial charge < -0.3 is 16.0 Å². The molecule has 0 heterocycles. The van der Waals surface area contributed by atoms with Gasteiger partial charge in [0, 0.05) is 104 Å². The van der Waals surface area contributed by atoms with Gasteiger partial charge in [-0.15, -0.1) is 0 Å². The van der Waals surface area contributed by atoms with Crippen molar-refractivity contribution < 1.29 is 74.4 Å². The summed E-state index contributed by atoms with van der Waals surface area (Å²) in [6.07, 6.45) is -2.34. The van der Waals surface area contributed by atoms with Gasteiger partial charge in [-0.2, -0.15) is 0 Å². The zero-order valence-corrected chi connectivity index (χ0v) is 34.5. The van der Waals surface area contributed by atoms with E-state index in [1.54, 1.807) is 0 Å². The van der Waals surface area contributed by atoms with Gasteiger partial charge in [-0.3, -0.25) is 74.4 Å². The van der Waals surface area contributed by atoms with Crippen LogP contribution in [-0.2, 0) is 28.8 Å². The van der Waals surface area contributed by atoms with Gasteiger partial charge in [-0.25, -0.2) is 30.4 Å². The van der Waals surface area contributed by atoms with Gasteiger partial charge in [0.15, 0.2) is 0 Å². The summed E-state index contributed by atoms with van der Waals surface area (Å²) in [5.41, 5.74) is -0.942. The van der Waals surface area contributed by atoms with Crippen LogP contribution in [0.4, 0.5) is 0 Å². The minimum absolute atomic E-state index is 0.0680. The predicted molar refractivity (Wildman–Crippen MR) is 203 cm³/mol. The highest BCUT2D eigenvalue weighted by molar-refractivity contribution is 6.09. The Kier molecular flexibility index (Phi) is 22.3. The van der Waals surface area contributed by atoms with Crippen LogP contribution in [-0.4, -0.2) is 175 Å². The first-order valence-electron chi connectivity index (χ1n) is 18.7. The number of hydrogen-bond donors (Lipinski definition) is 9. The molecule has 0 atom stereocenters. The lowest BCUT2D eigenvalue weighted by atomic mass is 9.98.